The van der Waals surface area contributed by atoms with Gasteiger partial charge < -0.3 is 9.30 Å². The molecule has 156 valence electrons. The van der Waals surface area contributed by atoms with Crippen molar-refractivity contribution in [3.8, 4) is 11.7 Å². The molecule has 0 saturated carbocycles. The predicted octanol–water partition coefficient (Wildman–Crippen LogP) is 1.49. The summed E-state index contributed by atoms with van der Waals surface area (Å²) in [6, 6.07) is 9.76. The van der Waals surface area contributed by atoms with Gasteiger partial charge in [0.15, 0.2) is 11.2 Å². The summed E-state index contributed by atoms with van der Waals surface area (Å²) in [6.45, 7) is 4.34. The highest BCUT2D eigenvalue weighted by molar-refractivity contribution is 5.72. The van der Waals surface area contributed by atoms with Gasteiger partial charge in [-0.15, -0.1) is 0 Å². The van der Waals surface area contributed by atoms with Gasteiger partial charge in [-0.3, -0.25) is 13.9 Å². The molecular formula is C21H24N6O3. The largest absolute Gasteiger partial charge is 0.497 e. The molecule has 0 aliphatic carbocycles. The Morgan fingerprint density at radius 2 is 1.73 bits per heavy atom. The van der Waals surface area contributed by atoms with Crippen molar-refractivity contribution in [2.45, 2.75) is 26.8 Å². The topological polar surface area (TPSA) is 88.9 Å². The molecule has 0 fully saturated rings. The molecule has 4 aromatic rings. The van der Waals surface area contributed by atoms with Gasteiger partial charge in [-0.2, -0.15) is 10.1 Å². The summed E-state index contributed by atoms with van der Waals surface area (Å²) in [7, 11) is 4.73. The minimum absolute atomic E-state index is 0.348. The molecule has 0 radical (unpaired) electrons. The molecule has 3 aromatic heterocycles. The Hall–Kier alpha value is -3.62. The lowest BCUT2D eigenvalue weighted by atomic mass is 10.1. The molecule has 9 nitrogen and oxygen atoms in total. The van der Waals surface area contributed by atoms with E-state index in [9.17, 15) is 9.59 Å². The summed E-state index contributed by atoms with van der Waals surface area (Å²) in [4.78, 5) is 30.1. The van der Waals surface area contributed by atoms with E-state index in [1.165, 1.54) is 11.6 Å². The molecule has 3 heterocycles. The Morgan fingerprint density at radius 3 is 2.33 bits per heavy atom. The van der Waals surface area contributed by atoms with Gasteiger partial charge in [0.1, 0.15) is 5.75 Å². The molecular weight excluding hydrogens is 384 g/mol. The lowest BCUT2D eigenvalue weighted by Crippen LogP contribution is -2.37. The number of aromatic nitrogens is 6. The average molecular weight is 408 g/mol. The number of hydrogen-bond donors (Lipinski definition) is 0. The van der Waals surface area contributed by atoms with Crippen LogP contribution in [0, 0.1) is 13.8 Å². The predicted molar refractivity (Wildman–Crippen MR) is 114 cm³/mol. The first-order valence-corrected chi connectivity index (χ1v) is 9.64. The van der Waals surface area contributed by atoms with Crippen molar-refractivity contribution < 1.29 is 4.74 Å². The second kappa shape index (κ2) is 7.33. The van der Waals surface area contributed by atoms with E-state index in [0.717, 1.165) is 27.3 Å². The van der Waals surface area contributed by atoms with Gasteiger partial charge >= 0.3 is 5.69 Å². The van der Waals surface area contributed by atoms with Gasteiger partial charge in [0.2, 0.25) is 5.95 Å². The lowest BCUT2D eigenvalue weighted by molar-refractivity contribution is 0.414. The third kappa shape index (κ3) is 3.12. The summed E-state index contributed by atoms with van der Waals surface area (Å²) in [6.07, 6.45) is 0.674. The third-order valence-corrected chi connectivity index (χ3v) is 5.31. The highest BCUT2D eigenvalue weighted by Crippen LogP contribution is 2.19. The van der Waals surface area contributed by atoms with E-state index in [-0.39, 0.29) is 5.56 Å². The minimum atomic E-state index is -0.410. The van der Waals surface area contributed by atoms with E-state index in [1.54, 1.807) is 18.8 Å². The number of aryl methyl sites for hydroxylation is 5. The van der Waals surface area contributed by atoms with Crippen molar-refractivity contribution in [3.63, 3.8) is 0 Å². The van der Waals surface area contributed by atoms with Crippen LogP contribution in [0.2, 0.25) is 0 Å². The van der Waals surface area contributed by atoms with Crippen LogP contribution in [0.1, 0.15) is 17.0 Å². The number of fused-ring (bicyclic) bond motifs is 1. The van der Waals surface area contributed by atoms with Gasteiger partial charge in [0, 0.05) is 26.3 Å². The van der Waals surface area contributed by atoms with Crippen LogP contribution in [-0.4, -0.2) is 35.6 Å². The van der Waals surface area contributed by atoms with Crippen LogP contribution in [0.4, 0.5) is 0 Å². The van der Waals surface area contributed by atoms with Gasteiger partial charge in [-0.05, 0) is 44.0 Å². The first kappa shape index (κ1) is 19.7. The van der Waals surface area contributed by atoms with Crippen molar-refractivity contribution in [2.75, 3.05) is 7.11 Å². The van der Waals surface area contributed by atoms with Crippen molar-refractivity contribution >= 4 is 11.2 Å². The molecule has 0 atom stereocenters. The maximum absolute atomic E-state index is 13.0. The monoisotopic (exact) mass is 408 g/mol. The quantitative estimate of drug-likeness (QED) is 0.499. The van der Waals surface area contributed by atoms with Crippen LogP contribution in [0.15, 0.2) is 39.9 Å². The zero-order valence-corrected chi connectivity index (χ0v) is 17.7. The number of benzene rings is 1. The highest BCUT2D eigenvalue weighted by atomic mass is 16.5. The third-order valence-electron chi connectivity index (χ3n) is 5.31. The van der Waals surface area contributed by atoms with E-state index in [2.05, 4.69) is 10.1 Å². The zero-order valence-electron chi connectivity index (χ0n) is 17.7. The van der Waals surface area contributed by atoms with Gasteiger partial charge in [0.05, 0.1) is 12.8 Å². The molecule has 0 saturated heterocycles. The first-order valence-electron chi connectivity index (χ1n) is 9.64. The van der Waals surface area contributed by atoms with Crippen molar-refractivity contribution in [1.82, 2.24) is 28.5 Å². The number of nitrogens with zero attached hydrogens (tertiary/aromatic N) is 6. The number of rotatable bonds is 5. The van der Waals surface area contributed by atoms with Gasteiger partial charge in [-0.1, -0.05) is 12.1 Å². The maximum atomic E-state index is 13.0. The Morgan fingerprint density at radius 1 is 1.03 bits per heavy atom. The number of ether oxygens (including phenoxy) is 1. The number of methoxy groups -OCH3 is 1. The van der Waals surface area contributed by atoms with Crippen LogP contribution in [0.5, 0.6) is 5.75 Å². The summed E-state index contributed by atoms with van der Waals surface area (Å²) < 4.78 is 11.3. The standard InChI is InChI=1S/C21H24N6O3/c1-13-12-14(2)27(23-13)20-22-18-17(19(28)25(4)21(29)24(18)3)26(20)11-10-15-6-8-16(30-5)9-7-15/h6-9,12H,10-11H2,1-5H3. The normalized spacial score (nSPS) is 11.4. The van der Waals surface area contributed by atoms with E-state index in [1.807, 2.05) is 48.7 Å². The zero-order chi connectivity index (χ0) is 21.6. The number of imidazole rings is 1. The molecule has 0 spiro atoms. The van der Waals surface area contributed by atoms with E-state index in [0.29, 0.717) is 30.1 Å². The average Bonchev–Trinajstić information content (AvgIpc) is 3.28. The van der Waals surface area contributed by atoms with E-state index >= 15 is 0 Å². The molecule has 0 amide bonds. The smallest absolute Gasteiger partial charge is 0.332 e. The van der Waals surface area contributed by atoms with Crippen molar-refractivity contribution in [1.29, 1.82) is 0 Å². The lowest BCUT2D eigenvalue weighted by Gasteiger charge is -2.11. The Kier molecular flexibility index (Phi) is 4.81. The summed E-state index contributed by atoms with van der Waals surface area (Å²) in [5.41, 5.74) is 2.79. The molecule has 0 unspecified atom stereocenters. The Bertz CT molecular complexity index is 1350. The molecule has 30 heavy (non-hydrogen) atoms. The van der Waals surface area contributed by atoms with Crippen LogP contribution in [-0.2, 0) is 27.1 Å². The molecule has 0 aliphatic heterocycles. The SMILES string of the molecule is COc1ccc(CCn2c(-n3nc(C)cc3C)nc3c2c(=O)n(C)c(=O)n3C)cc1. The molecule has 0 N–H and O–H groups in total. The van der Waals surface area contributed by atoms with Crippen LogP contribution in [0.25, 0.3) is 17.1 Å². The molecule has 0 bridgehead atoms. The molecule has 1 aromatic carbocycles. The fraction of sp³-hybridized carbons (Fsp3) is 0.333. The summed E-state index contributed by atoms with van der Waals surface area (Å²) >= 11 is 0. The van der Waals surface area contributed by atoms with Crippen LogP contribution < -0.4 is 16.0 Å². The van der Waals surface area contributed by atoms with Gasteiger partial charge in [-0.25, -0.2) is 9.48 Å². The maximum Gasteiger partial charge on any atom is 0.332 e. The van der Waals surface area contributed by atoms with E-state index < -0.39 is 5.69 Å². The van der Waals surface area contributed by atoms with E-state index in [4.69, 9.17) is 4.74 Å². The second-order valence-electron chi connectivity index (χ2n) is 7.38. The first-order chi connectivity index (χ1) is 14.3. The number of hydrogen-bond acceptors (Lipinski definition) is 5. The van der Waals surface area contributed by atoms with Crippen LogP contribution >= 0.6 is 0 Å². The Labute approximate surface area is 172 Å². The highest BCUT2D eigenvalue weighted by Gasteiger charge is 2.21. The minimum Gasteiger partial charge on any atom is -0.497 e. The van der Waals surface area contributed by atoms with Crippen LogP contribution in [0.3, 0.4) is 0 Å². The van der Waals surface area contributed by atoms with Gasteiger partial charge in [0.25, 0.3) is 5.56 Å². The fourth-order valence-electron chi connectivity index (χ4n) is 3.67. The summed E-state index contributed by atoms with van der Waals surface area (Å²) in [5, 5.41) is 4.54. The molecule has 4 rings (SSSR count). The molecule has 0 aliphatic rings. The second-order valence-corrected chi connectivity index (χ2v) is 7.38. The summed E-state index contributed by atoms with van der Waals surface area (Å²) in [5.74, 6) is 1.31. The molecule has 9 heteroatoms. The Balaban J connectivity index is 1.90. The van der Waals surface area contributed by atoms with Crippen molar-refractivity contribution in [2.24, 2.45) is 14.1 Å². The fourth-order valence-corrected chi connectivity index (χ4v) is 3.67. The van der Waals surface area contributed by atoms with Crippen molar-refractivity contribution in [3.05, 3.63) is 68.1 Å².